The first-order valence-corrected chi connectivity index (χ1v) is 11.3. The van der Waals surface area contributed by atoms with Gasteiger partial charge in [0.05, 0.1) is 21.0 Å². The van der Waals surface area contributed by atoms with Crippen LogP contribution in [0.5, 0.6) is 0 Å². The maximum Gasteiger partial charge on any atom is 0.416 e. The normalized spacial score (nSPS) is 14.9. The van der Waals surface area contributed by atoms with Crippen molar-refractivity contribution in [3.8, 4) is 0 Å². The molecular formula is C20H19ClF3N3O4S. The molecule has 1 aliphatic heterocycles. The number of carbonyl (C=O) groups excluding carboxylic acids is 2. The summed E-state index contributed by atoms with van der Waals surface area (Å²) in [5.41, 5.74) is -1.34. The van der Waals surface area contributed by atoms with Gasteiger partial charge in [-0.05, 0) is 36.4 Å². The van der Waals surface area contributed by atoms with Gasteiger partial charge in [-0.3, -0.25) is 14.3 Å². The number of amides is 2. The Bertz CT molecular complexity index is 1150. The highest BCUT2D eigenvalue weighted by Crippen LogP contribution is 2.31. The van der Waals surface area contributed by atoms with Gasteiger partial charge in [-0.2, -0.15) is 13.2 Å². The van der Waals surface area contributed by atoms with E-state index < -0.39 is 27.7 Å². The van der Waals surface area contributed by atoms with Gasteiger partial charge in [-0.15, -0.1) is 0 Å². The van der Waals surface area contributed by atoms with Crippen LogP contribution in [0.15, 0.2) is 47.4 Å². The van der Waals surface area contributed by atoms with Gasteiger partial charge in [0.2, 0.25) is 5.91 Å². The summed E-state index contributed by atoms with van der Waals surface area (Å²) in [6.07, 6.45) is -4.63. The van der Waals surface area contributed by atoms with E-state index in [2.05, 4.69) is 4.72 Å². The van der Waals surface area contributed by atoms with Gasteiger partial charge in [0.1, 0.15) is 0 Å². The zero-order valence-electron chi connectivity index (χ0n) is 16.8. The number of hydrogen-bond acceptors (Lipinski definition) is 4. The fourth-order valence-electron chi connectivity index (χ4n) is 3.20. The Morgan fingerprint density at radius 1 is 1.00 bits per heavy atom. The maximum atomic E-state index is 12.9. The summed E-state index contributed by atoms with van der Waals surface area (Å²) in [5, 5.41) is 0.0296. The zero-order chi connectivity index (χ0) is 23.7. The summed E-state index contributed by atoms with van der Waals surface area (Å²) in [6.45, 7) is 2.63. The minimum Gasteiger partial charge on any atom is -0.339 e. The first-order chi connectivity index (χ1) is 14.9. The van der Waals surface area contributed by atoms with Crippen molar-refractivity contribution < 1.29 is 31.2 Å². The lowest BCUT2D eigenvalue weighted by molar-refractivity contribution is -0.137. The molecule has 2 aromatic rings. The van der Waals surface area contributed by atoms with Crippen molar-refractivity contribution in [2.45, 2.75) is 18.0 Å². The van der Waals surface area contributed by atoms with Crippen LogP contribution in [0.25, 0.3) is 0 Å². The minimum absolute atomic E-state index is 0.0296. The fraction of sp³-hybridized carbons (Fsp3) is 0.300. The van der Waals surface area contributed by atoms with Crippen molar-refractivity contribution >= 4 is 39.1 Å². The van der Waals surface area contributed by atoms with E-state index in [1.165, 1.54) is 24.0 Å². The summed E-state index contributed by atoms with van der Waals surface area (Å²) in [4.78, 5) is 27.0. The summed E-state index contributed by atoms with van der Waals surface area (Å²) >= 11 is 6.12. The Hall–Kier alpha value is -2.79. The number of nitrogens with zero attached hydrogens (tertiary/aromatic N) is 2. The van der Waals surface area contributed by atoms with Crippen LogP contribution >= 0.6 is 11.6 Å². The Morgan fingerprint density at radius 2 is 1.62 bits per heavy atom. The van der Waals surface area contributed by atoms with E-state index in [1.54, 1.807) is 4.90 Å². The molecule has 172 valence electrons. The standard InChI is InChI=1S/C20H19ClF3N3O4S/c1-13(28)26-7-9-27(10-8-26)19(29)17-12-16(5-6-18(17)21)32(30,31)25-15-4-2-3-14(11-15)20(22,23)24/h2-6,11-12,25H,7-10H2,1H3. The van der Waals surface area contributed by atoms with Gasteiger partial charge in [-0.25, -0.2) is 8.42 Å². The molecule has 0 aromatic heterocycles. The monoisotopic (exact) mass is 489 g/mol. The van der Waals surface area contributed by atoms with Crippen LogP contribution in [0, 0.1) is 0 Å². The first-order valence-electron chi connectivity index (χ1n) is 9.43. The molecule has 0 bridgehead atoms. The van der Waals surface area contributed by atoms with E-state index in [1.807, 2.05) is 0 Å². The third kappa shape index (κ3) is 5.33. The minimum atomic E-state index is -4.63. The largest absolute Gasteiger partial charge is 0.416 e. The van der Waals surface area contributed by atoms with Crippen LogP contribution in [-0.4, -0.2) is 56.2 Å². The predicted octanol–water partition coefficient (Wildman–Crippen LogP) is 3.46. The molecule has 1 fully saturated rings. The van der Waals surface area contributed by atoms with Gasteiger partial charge in [0.15, 0.2) is 0 Å². The van der Waals surface area contributed by atoms with Gasteiger partial charge < -0.3 is 9.80 Å². The average Bonchev–Trinajstić information content (AvgIpc) is 2.73. The molecular weight excluding hydrogens is 471 g/mol. The molecule has 1 N–H and O–H groups in total. The Morgan fingerprint density at radius 3 is 2.22 bits per heavy atom. The predicted molar refractivity (Wildman–Crippen MR) is 112 cm³/mol. The topological polar surface area (TPSA) is 86.8 Å². The Labute approximate surface area is 187 Å². The lowest BCUT2D eigenvalue weighted by atomic mass is 10.1. The van der Waals surface area contributed by atoms with Crippen molar-refractivity contribution in [2.75, 3.05) is 30.9 Å². The summed E-state index contributed by atoms with van der Waals surface area (Å²) in [6, 6.07) is 7.24. The molecule has 7 nitrogen and oxygen atoms in total. The number of alkyl halides is 3. The molecule has 0 atom stereocenters. The molecule has 1 saturated heterocycles. The molecule has 2 aromatic carbocycles. The summed E-state index contributed by atoms with van der Waals surface area (Å²) in [7, 11) is -4.30. The van der Waals surface area contributed by atoms with E-state index in [9.17, 15) is 31.2 Å². The molecule has 0 spiro atoms. The third-order valence-electron chi connectivity index (χ3n) is 4.93. The highest BCUT2D eigenvalue weighted by atomic mass is 35.5. The van der Waals surface area contributed by atoms with Crippen LogP contribution in [0.2, 0.25) is 5.02 Å². The van der Waals surface area contributed by atoms with E-state index in [4.69, 9.17) is 11.6 Å². The second-order valence-corrected chi connectivity index (χ2v) is 9.21. The molecule has 0 saturated carbocycles. The molecule has 3 rings (SSSR count). The number of halogens is 4. The zero-order valence-corrected chi connectivity index (χ0v) is 18.4. The lowest BCUT2D eigenvalue weighted by Crippen LogP contribution is -2.50. The molecule has 0 radical (unpaired) electrons. The van der Waals surface area contributed by atoms with Gasteiger partial charge in [0.25, 0.3) is 15.9 Å². The van der Waals surface area contributed by atoms with E-state index >= 15 is 0 Å². The molecule has 1 aliphatic rings. The molecule has 0 unspecified atom stereocenters. The van der Waals surface area contributed by atoms with Crippen molar-refractivity contribution in [3.63, 3.8) is 0 Å². The van der Waals surface area contributed by atoms with Crippen LogP contribution in [-0.2, 0) is 21.0 Å². The molecule has 0 aliphatic carbocycles. The van der Waals surface area contributed by atoms with Gasteiger partial charge in [0, 0.05) is 38.8 Å². The summed E-state index contributed by atoms with van der Waals surface area (Å²) in [5.74, 6) is -0.613. The number of anilines is 1. The van der Waals surface area contributed by atoms with Crippen molar-refractivity contribution in [1.82, 2.24) is 9.80 Å². The third-order valence-corrected chi connectivity index (χ3v) is 6.64. The Balaban J connectivity index is 1.83. The fourth-order valence-corrected chi connectivity index (χ4v) is 4.48. The van der Waals surface area contributed by atoms with Crippen LogP contribution in [0.1, 0.15) is 22.8 Å². The molecule has 12 heteroatoms. The molecule has 32 heavy (non-hydrogen) atoms. The van der Waals surface area contributed by atoms with Crippen LogP contribution < -0.4 is 4.72 Å². The lowest BCUT2D eigenvalue weighted by Gasteiger charge is -2.34. The molecule has 2 amide bonds. The van der Waals surface area contributed by atoms with Crippen molar-refractivity contribution in [3.05, 3.63) is 58.6 Å². The van der Waals surface area contributed by atoms with Crippen LogP contribution in [0.3, 0.4) is 0 Å². The highest BCUT2D eigenvalue weighted by molar-refractivity contribution is 7.92. The smallest absolute Gasteiger partial charge is 0.339 e. The first kappa shape index (κ1) is 23.9. The number of nitrogens with one attached hydrogen (secondary N) is 1. The number of hydrogen-bond donors (Lipinski definition) is 1. The number of piperazine rings is 1. The summed E-state index contributed by atoms with van der Waals surface area (Å²) < 4.78 is 66.3. The van der Waals surface area contributed by atoms with Crippen LogP contribution in [0.4, 0.5) is 18.9 Å². The molecule has 1 heterocycles. The van der Waals surface area contributed by atoms with Gasteiger partial charge in [-0.1, -0.05) is 17.7 Å². The van der Waals surface area contributed by atoms with Gasteiger partial charge >= 0.3 is 6.18 Å². The maximum absolute atomic E-state index is 12.9. The number of rotatable bonds is 4. The quantitative estimate of drug-likeness (QED) is 0.712. The highest BCUT2D eigenvalue weighted by Gasteiger charge is 2.31. The van der Waals surface area contributed by atoms with E-state index in [0.29, 0.717) is 19.2 Å². The number of benzene rings is 2. The second-order valence-electron chi connectivity index (χ2n) is 7.12. The van der Waals surface area contributed by atoms with Crippen molar-refractivity contribution in [2.24, 2.45) is 0 Å². The number of sulfonamides is 1. The number of carbonyl (C=O) groups is 2. The van der Waals surface area contributed by atoms with E-state index in [0.717, 1.165) is 24.3 Å². The second kappa shape index (κ2) is 8.99. The SMILES string of the molecule is CC(=O)N1CCN(C(=O)c2cc(S(=O)(=O)Nc3cccc(C(F)(F)F)c3)ccc2Cl)CC1. The average molecular weight is 490 g/mol. The van der Waals surface area contributed by atoms with E-state index in [-0.39, 0.29) is 40.2 Å². The Kier molecular flexibility index (Phi) is 6.70. The van der Waals surface area contributed by atoms with Crippen molar-refractivity contribution in [1.29, 1.82) is 0 Å².